The van der Waals surface area contributed by atoms with E-state index in [1.807, 2.05) is 47.4 Å². The number of carbonyl (C=O) groups is 2. The zero-order valence-corrected chi connectivity index (χ0v) is 24.5. The number of hydrogen-bond acceptors (Lipinski definition) is 10. The Balaban J connectivity index is 1.41. The zero-order chi connectivity index (χ0) is 30.3. The zero-order valence-electron chi connectivity index (χ0n) is 24.5. The van der Waals surface area contributed by atoms with Crippen LogP contribution in [-0.4, -0.2) is 93.0 Å². The second-order valence-electron chi connectivity index (χ2n) is 9.89. The van der Waals surface area contributed by atoms with Gasteiger partial charge in [-0.3, -0.25) is 9.59 Å². The van der Waals surface area contributed by atoms with Gasteiger partial charge in [-0.15, -0.1) is 0 Å². The van der Waals surface area contributed by atoms with Crippen LogP contribution in [0.4, 0.5) is 28.7 Å². The molecule has 224 valence electrons. The molecule has 2 N–H and O–H groups in total. The van der Waals surface area contributed by atoms with Crippen LogP contribution in [0.2, 0.25) is 0 Å². The number of aliphatic imine (C=N–C) groups is 1. The SMILES string of the molecule is C=CC(=O)N1CCN(C(=O)CN2CC(Nc3cc(OC)c(OC)c(OC)c3)=Nc3ccc(Nc4ccccc4)nc32)CC1. The van der Waals surface area contributed by atoms with Crippen LogP contribution in [0.25, 0.3) is 0 Å². The minimum atomic E-state index is -0.126. The molecule has 0 spiro atoms. The van der Waals surface area contributed by atoms with Crippen molar-refractivity contribution in [2.45, 2.75) is 0 Å². The predicted molar refractivity (Wildman–Crippen MR) is 166 cm³/mol. The van der Waals surface area contributed by atoms with E-state index in [0.717, 1.165) is 5.69 Å². The van der Waals surface area contributed by atoms with Crippen molar-refractivity contribution in [3.63, 3.8) is 0 Å². The van der Waals surface area contributed by atoms with Crippen molar-refractivity contribution >= 4 is 46.3 Å². The van der Waals surface area contributed by atoms with Gasteiger partial charge in [-0.1, -0.05) is 24.8 Å². The number of ether oxygens (including phenoxy) is 3. The molecule has 12 nitrogen and oxygen atoms in total. The Morgan fingerprint density at radius 2 is 1.56 bits per heavy atom. The molecule has 0 atom stereocenters. The Labute approximate surface area is 250 Å². The van der Waals surface area contributed by atoms with Crippen LogP contribution in [-0.2, 0) is 9.59 Å². The Hall–Kier alpha value is -5.26. The lowest BCUT2D eigenvalue weighted by molar-refractivity contribution is -0.136. The normalized spacial score (nSPS) is 14.3. The lowest BCUT2D eigenvalue weighted by Gasteiger charge is -2.36. The average molecular weight is 586 g/mol. The lowest BCUT2D eigenvalue weighted by atomic mass is 10.2. The van der Waals surface area contributed by atoms with Gasteiger partial charge in [0.25, 0.3) is 0 Å². The first-order chi connectivity index (χ1) is 20.9. The van der Waals surface area contributed by atoms with Gasteiger partial charge in [-0.05, 0) is 30.3 Å². The maximum Gasteiger partial charge on any atom is 0.246 e. The van der Waals surface area contributed by atoms with Gasteiger partial charge in [-0.2, -0.15) is 0 Å². The average Bonchev–Trinajstić information content (AvgIpc) is 3.04. The molecule has 43 heavy (non-hydrogen) atoms. The van der Waals surface area contributed by atoms with Crippen molar-refractivity contribution in [1.82, 2.24) is 14.8 Å². The Bertz CT molecular complexity index is 1500. The number of hydrogen-bond donors (Lipinski definition) is 2. The van der Waals surface area contributed by atoms with Crippen molar-refractivity contribution in [3.8, 4) is 17.2 Å². The quantitative estimate of drug-likeness (QED) is 0.363. The third-order valence-corrected chi connectivity index (χ3v) is 7.19. The maximum absolute atomic E-state index is 13.5. The van der Waals surface area contributed by atoms with Gasteiger partial charge in [0, 0.05) is 49.7 Å². The number of anilines is 4. The highest BCUT2D eigenvalue weighted by Crippen LogP contribution is 2.40. The highest BCUT2D eigenvalue weighted by molar-refractivity contribution is 6.04. The summed E-state index contributed by atoms with van der Waals surface area (Å²) < 4.78 is 16.5. The van der Waals surface area contributed by atoms with E-state index >= 15 is 0 Å². The summed E-state index contributed by atoms with van der Waals surface area (Å²) in [5.41, 5.74) is 2.20. The molecule has 3 aromatic rings. The van der Waals surface area contributed by atoms with Gasteiger partial charge in [-0.25, -0.2) is 9.98 Å². The molecule has 1 aromatic heterocycles. The number of carbonyl (C=O) groups excluding carboxylic acids is 2. The fourth-order valence-electron chi connectivity index (χ4n) is 5.02. The van der Waals surface area contributed by atoms with Gasteiger partial charge in [0.15, 0.2) is 17.3 Å². The van der Waals surface area contributed by atoms with E-state index in [1.165, 1.54) is 6.08 Å². The topological polar surface area (TPSA) is 121 Å². The molecule has 0 radical (unpaired) electrons. The second kappa shape index (κ2) is 13.1. The van der Waals surface area contributed by atoms with Crippen LogP contribution in [0.1, 0.15) is 0 Å². The van der Waals surface area contributed by atoms with Crippen molar-refractivity contribution in [2.75, 3.05) is 76.1 Å². The molecule has 1 saturated heterocycles. The van der Waals surface area contributed by atoms with Crippen molar-refractivity contribution in [3.05, 3.63) is 67.3 Å². The smallest absolute Gasteiger partial charge is 0.246 e. The molecule has 1 fully saturated rings. The van der Waals surface area contributed by atoms with Crippen LogP contribution in [0.3, 0.4) is 0 Å². The Morgan fingerprint density at radius 1 is 0.884 bits per heavy atom. The highest BCUT2D eigenvalue weighted by Gasteiger charge is 2.28. The standard InChI is InChI=1S/C31H35N7O5/c1-5-28(39)36-13-15-37(16-14-36)29(40)20-38-19-27(33-22-17-24(41-2)30(43-4)25(18-22)42-3)34-23-11-12-26(35-31(23)38)32-21-9-7-6-8-10-21/h5-12,17-18H,1,13-16,19-20H2,2-4H3,(H,32,35)(H,33,34). The Morgan fingerprint density at radius 3 is 2.19 bits per heavy atom. The highest BCUT2D eigenvalue weighted by atomic mass is 16.5. The summed E-state index contributed by atoms with van der Waals surface area (Å²) in [5.74, 6) is 3.13. The molecule has 2 aliphatic rings. The van der Waals surface area contributed by atoms with E-state index in [9.17, 15) is 9.59 Å². The fourth-order valence-corrected chi connectivity index (χ4v) is 5.02. The van der Waals surface area contributed by atoms with Crippen LogP contribution in [0, 0.1) is 0 Å². The minimum absolute atomic E-state index is 0.0612. The summed E-state index contributed by atoms with van der Waals surface area (Å²) >= 11 is 0. The number of pyridine rings is 1. The summed E-state index contributed by atoms with van der Waals surface area (Å²) in [6.07, 6.45) is 1.30. The van der Waals surface area contributed by atoms with E-state index in [-0.39, 0.29) is 18.4 Å². The number of piperazine rings is 1. The summed E-state index contributed by atoms with van der Waals surface area (Å²) in [4.78, 5) is 40.6. The lowest BCUT2D eigenvalue weighted by Crippen LogP contribution is -2.53. The number of para-hydroxylation sites is 1. The number of aromatic nitrogens is 1. The molecule has 5 rings (SSSR count). The number of rotatable bonds is 9. The predicted octanol–water partition coefficient (Wildman–Crippen LogP) is 3.67. The second-order valence-corrected chi connectivity index (χ2v) is 9.89. The number of fused-ring (bicyclic) bond motifs is 1. The molecule has 0 aliphatic carbocycles. The fraction of sp³-hybridized carbons (Fsp3) is 0.290. The summed E-state index contributed by atoms with van der Waals surface area (Å²) in [7, 11) is 4.67. The van der Waals surface area contributed by atoms with E-state index in [0.29, 0.717) is 78.8 Å². The van der Waals surface area contributed by atoms with Crippen LogP contribution in [0.15, 0.2) is 72.2 Å². The molecule has 2 aromatic carbocycles. The van der Waals surface area contributed by atoms with Gasteiger partial charge >= 0.3 is 0 Å². The monoisotopic (exact) mass is 585 g/mol. The molecular formula is C31H35N7O5. The van der Waals surface area contributed by atoms with Gasteiger partial charge in [0.1, 0.15) is 17.3 Å². The largest absolute Gasteiger partial charge is 0.493 e. The van der Waals surface area contributed by atoms with E-state index in [4.69, 9.17) is 24.2 Å². The first kappa shape index (κ1) is 29.2. The van der Waals surface area contributed by atoms with Crippen molar-refractivity contribution in [2.24, 2.45) is 4.99 Å². The first-order valence-corrected chi connectivity index (χ1v) is 13.8. The van der Waals surface area contributed by atoms with Crippen molar-refractivity contribution < 1.29 is 23.8 Å². The Kier molecular flexibility index (Phi) is 8.94. The number of amides is 2. The third kappa shape index (κ3) is 6.64. The molecule has 0 unspecified atom stereocenters. The van der Waals surface area contributed by atoms with E-state index < -0.39 is 0 Å². The maximum atomic E-state index is 13.5. The van der Waals surface area contributed by atoms with Crippen LogP contribution < -0.4 is 29.7 Å². The van der Waals surface area contributed by atoms with E-state index in [1.54, 1.807) is 43.3 Å². The van der Waals surface area contributed by atoms with Crippen LogP contribution >= 0.6 is 0 Å². The van der Waals surface area contributed by atoms with E-state index in [2.05, 4.69) is 17.2 Å². The number of nitrogens with one attached hydrogen (secondary N) is 2. The number of benzene rings is 2. The van der Waals surface area contributed by atoms with Crippen LogP contribution in [0.5, 0.6) is 17.2 Å². The summed E-state index contributed by atoms with van der Waals surface area (Å²) in [6, 6.07) is 17.1. The molecule has 0 bridgehead atoms. The van der Waals surface area contributed by atoms with Gasteiger partial charge in [0.05, 0.1) is 34.4 Å². The molecule has 2 aliphatic heterocycles. The summed E-state index contributed by atoms with van der Waals surface area (Å²) in [5, 5.41) is 6.67. The number of nitrogens with zero attached hydrogens (tertiary/aromatic N) is 5. The summed E-state index contributed by atoms with van der Waals surface area (Å²) in [6.45, 7) is 5.77. The number of amidine groups is 1. The van der Waals surface area contributed by atoms with Gasteiger partial charge < -0.3 is 39.5 Å². The molecule has 0 saturated carbocycles. The minimum Gasteiger partial charge on any atom is -0.493 e. The molecule has 12 heteroatoms. The molecular weight excluding hydrogens is 550 g/mol. The van der Waals surface area contributed by atoms with Crippen molar-refractivity contribution in [1.29, 1.82) is 0 Å². The molecule has 3 heterocycles. The molecule has 2 amide bonds. The number of methoxy groups -OCH3 is 3. The first-order valence-electron chi connectivity index (χ1n) is 13.8. The third-order valence-electron chi connectivity index (χ3n) is 7.19. The van der Waals surface area contributed by atoms with Gasteiger partial charge in [0.2, 0.25) is 17.6 Å².